The lowest BCUT2D eigenvalue weighted by molar-refractivity contribution is -0.384. The van der Waals surface area contributed by atoms with E-state index in [0.29, 0.717) is 22.2 Å². The first-order chi connectivity index (χ1) is 9.95. The van der Waals surface area contributed by atoms with Gasteiger partial charge in [0.05, 0.1) is 10.4 Å². The topological polar surface area (TPSA) is 101 Å². The summed E-state index contributed by atoms with van der Waals surface area (Å²) in [5, 5.41) is 35.3. The third-order valence-corrected chi connectivity index (χ3v) is 3.21. The number of aryl methyl sites for hydroxylation is 1. The fourth-order valence-corrected chi connectivity index (χ4v) is 2.17. The van der Waals surface area contributed by atoms with E-state index < -0.39 is 4.92 Å². The average molecular weight is 285 g/mol. The number of aromatic hydroxyl groups is 2. The smallest absolute Gasteiger partial charge is 0.270 e. The van der Waals surface area contributed by atoms with Gasteiger partial charge < -0.3 is 10.2 Å². The van der Waals surface area contributed by atoms with Gasteiger partial charge in [0.2, 0.25) is 0 Å². The van der Waals surface area contributed by atoms with Crippen molar-refractivity contribution in [1.29, 1.82) is 0 Å². The highest BCUT2D eigenvalue weighted by molar-refractivity contribution is 5.81. The second kappa shape index (κ2) is 4.48. The van der Waals surface area contributed by atoms with E-state index in [-0.39, 0.29) is 17.2 Å². The quantitative estimate of drug-likeness (QED) is 0.428. The van der Waals surface area contributed by atoms with Crippen LogP contribution in [0.15, 0.2) is 36.5 Å². The van der Waals surface area contributed by atoms with Crippen molar-refractivity contribution in [2.45, 2.75) is 6.92 Å². The molecule has 0 saturated heterocycles. The second-order valence-electron chi connectivity index (χ2n) is 4.70. The average Bonchev–Trinajstić information content (AvgIpc) is 2.85. The van der Waals surface area contributed by atoms with Crippen LogP contribution in [0, 0.1) is 17.0 Å². The van der Waals surface area contributed by atoms with Gasteiger partial charge in [0, 0.05) is 29.8 Å². The van der Waals surface area contributed by atoms with Crippen LogP contribution in [0.2, 0.25) is 0 Å². The number of phenols is 2. The third kappa shape index (κ3) is 2.14. The molecule has 0 amide bonds. The maximum Gasteiger partial charge on any atom is 0.270 e. The molecule has 0 radical (unpaired) electrons. The van der Waals surface area contributed by atoms with Gasteiger partial charge in [0.25, 0.3) is 5.69 Å². The molecule has 3 rings (SSSR count). The second-order valence-corrected chi connectivity index (χ2v) is 4.70. The fraction of sp³-hybridized carbons (Fsp3) is 0.0714. The Morgan fingerprint density at radius 2 is 2.00 bits per heavy atom. The molecule has 3 aromatic rings. The molecule has 106 valence electrons. The van der Waals surface area contributed by atoms with E-state index in [4.69, 9.17) is 0 Å². The molecule has 2 aromatic carbocycles. The summed E-state index contributed by atoms with van der Waals surface area (Å²) in [5.41, 5.74) is 1.35. The minimum atomic E-state index is -0.479. The number of nitrogens with zero attached hydrogens (tertiary/aromatic N) is 3. The highest BCUT2D eigenvalue weighted by atomic mass is 16.6. The molecule has 0 aliphatic rings. The van der Waals surface area contributed by atoms with Crippen LogP contribution in [0.4, 0.5) is 5.69 Å². The molecule has 21 heavy (non-hydrogen) atoms. The molecule has 7 heteroatoms. The highest BCUT2D eigenvalue weighted by Gasteiger charge is 2.13. The summed E-state index contributed by atoms with van der Waals surface area (Å²) < 4.78 is 1.39. The predicted octanol–water partition coefficient (Wildman–Crippen LogP) is 2.65. The predicted molar refractivity (Wildman–Crippen MR) is 75.8 cm³/mol. The van der Waals surface area contributed by atoms with Gasteiger partial charge in [-0.05, 0) is 24.6 Å². The molecule has 0 aliphatic heterocycles. The summed E-state index contributed by atoms with van der Waals surface area (Å²) in [7, 11) is 0. The van der Waals surface area contributed by atoms with E-state index in [2.05, 4.69) is 5.10 Å². The Hall–Kier alpha value is -3.09. The van der Waals surface area contributed by atoms with Crippen molar-refractivity contribution in [2.75, 3.05) is 0 Å². The molecule has 0 aliphatic carbocycles. The molecule has 0 spiro atoms. The fourth-order valence-electron chi connectivity index (χ4n) is 2.17. The highest BCUT2D eigenvalue weighted by Crippen LogP contribution is 2.31. The van der Waals surface area contributed by atoms with Crippen molar-refractivity contribution in [3.63, 3.8) is 0 Å². The summed E-state index contributed by atoms with van der Waals surface area (Å²) in [5.74, 6) is 0.000873. The molecular formula is C14H11N3O4. The monoisotopic (exact) mass is 285 g/mol. The zero-order chi connectivity index (χ0) is 15.1. The Labute approximate surface area is 118 Å². The van der Waals surface area contributed by atoms with Gasteiger partial charge in [-0.1, -0.05) is 0 Å². The Bertz CT molecular complexity index is 870. The van der Waals surface area contributed by atoms with E-state index in [0.717, 1.165) is 0 Å². The van der Waals surface area contributed by atoms with E-state index in [1.54, 1.807) is 13.1 Å². The number of rotatable bonds is 2. The zero-order valence-corrected chi connectivity index (χ0v) is 11.0. The van der Waals surface area contributed by atoms with Crippen LogP contribution in [0.5, 0.6) is 11.5 Å². The van der Waals surface area contributed by atoms with Crippen molar-refractivity contribution >= 4 is 16.6 Å². The number of hydrogen-bond acceptors (Lipinski definition) is 5. The summed E-state index contributed by atoms with van der Waals surface area (Å²) >= 11 is 0. The van der Waals surface area contributed by atoms with Crippen LogP contribution in [-0.4, -0.2) is 24.9 Å². The molecule has 0 bridgehead atoms. The van der Waals surface area contributed by atoms with Crippen LogP contribution in [0.3, 0.4) is 0 Å². The van der Waals surface area contributed by atoms with Crippen molar-refractivity contribution in [3.8, 4) is 17.2 Å². The molecule has 0 saturated carbocycles. The molecule has 0 fully saturated rings. The van der Waals surface area contributed by atoms with Crippen LogP contribution >= 0.6 is 0 Å². The van der Waals surface area contributed by atoms with Crippen molar-refractivity contribution < 1.29 is 15.1 Å². The summed E-state index contributed by atoms with van der Waals surface area (Å²) in [4.78, 5) is 10.3. The van der Waals surface area contributed by atoms with Gasteiger partial charge >= 0.3 is 0 Å². The van der Waals surface area contributed by atoms with E-state index in [1.165, 1.54) is 35.0 Å². The van der Waals surface area contributed by atoms with Gasteiger partial charge in [-0.15, -0.1) is 0 Å². The Balaban J connectivity index is 2.20. The lowest BCUT2D eigenvalue weighted by Gasteiger charge is -2.07. The van der Waals surface area contributed by atoms with E-state index in [1.807, 2.05) is 0 Å². The van der Waals surface area contributed by atoms with Crippen LogP contribution < -0.4 is 0 Å². The number of phenolic OH excluding ortho intramolecular Hbond substituents is 2. The summed E-state index contributed by atoms with van der Waals surface area (Å²) in [6.07, 6.45) is 1.57. The Morgan fingerprint density at radius 1 is 1.24 bits per heavy atom. The van der Waals surface area contributed by atoms with Gasteiger partial charge in [-0.2, -0.15) is 5.10 Å². The number of fused-ring (bicyclic) bond motifs is 1. The third-order valence-electron chi connectivity index (χ3n) is 3.21. The number of nitro groups is 1. The SMILES string of the molecule is Cc1cc(O)cc(-n2cc3cc([N+](=O)[O-])ccc3n2)c1O. The van der Waals surface area contributed by atoms with Crippen molar-refractivity contribution in [1.82, 2.24) is 9.78 Å². The Morgan fingerprint density at radius 3 is 2.71 bits per heavy atom. The number of aromatic nitrogens is 2. The maximum absolute atomic E-state index is 10.8. The molecular weight excluding hydrogens is 274 g/mol. The number of hydrogen-bond donors (Lipinski definition) is 2. The van der Waals surface area contributed by atoms with Crippen LogP contribution in [-0.2, 0) is 0 Å². The number of nitro benzene ring substituents is 1. The minimum Gasteiger partial charge on any atom is -0.508 e. The summed E-state index contributed by atoms with van der Waals surface area (Å²) in [6, 6.07) is 7.13. The van der Waals surface area contributed by atoms with Crippen LogP contribution in [0.25, 0.3) is 16.6 Å². The molecule has 7 nitrogen and oxygen atoms in total. The van der Waals surface area contributed by atoms with Crippen molar-refractivity contribution in [2.24, 2.45) is 0 Å². The van der Waals surface area contributed by atoms with Crippen molar-refractivity contribution in [3.05, 3.63) is 52.2 Å². The molecule has 0 atom stereocenters. The van der Waals surface area contributed by atoms with Gasteiger partial charge in [0.1, 0.15) is 17.2 Å². The summed E-state index contributed by atoms with van der Waals surface area (Å²) in [6.45, 7) is 1.66. The lowest BCUT2D eigenvalue weighted by atomic mass is 10.2. The molecule has 2 N–H and O–H groups in total. The Kier molecular flexibility index (Phi) is 2.76. The van der Waals surface area contributed by atoms with Gasteiger partial charge in [-0.25, -0.2) is 4.68 Å². The van der Waals surface area contributed by atoms with E-state index in [9.17, 15) is 20.3 Å². The van der Waals surface area contributed by atoms with Gasteiger partial charge in [-0.3, -0.25) is 10.1 Å². The van der Waals surface area contributed by atoms with E-state index >= 15 is 0 Å². The number of benzene rings is 2. The largest absolute Gasteiger partial charge is 0.508 e. The lowest BCUT2D eigenvalue weighted by Crippen LogP contribution is -1.96. The maximum atomic E-state index is 10.8. The first kappa shape index (κ1) is 12.9. The normalized spacial score (nSPS) is 10.9. The standard InChI is InChI=1S/C14H11N3O4/c1-8-4-11(18)6-13(14(8)19)16-7-9-5-10(17(20)21)2-3-12(9)15-16/h2-7,18-19H,1H3. The minimum absolute atomic E-state index is 0.00453. The number of non-ortho nitro benzene ring substituents is 1. The van der Waals surface area contributed by atoms with Crippen LogP contribution in [0.1, 0.15) is 5.56 Å². The van der Waals surface area contributed by atoms with Gasteiger partial charge in [0.15, 0.2) is 0 Å². The molecule has 0 unspecified atom stereocenters. The molecule has 1 aromatic heterocycles. The first-order valence-electron chi connectivity index (χ1n) is 6.12. The first-order valence-corrected chi connectivity index (χ1v) is 6.12. The molecule has 1 heterocycles. The zero-order valence-electron chi connectivity index (χ0n) is 11.0.